The van der Waals surface area contributed by atoms with E-state index in [0.717, 1.165) is 122 Å². The Morgan fingerprint density at radius 1 is 0.814 bits per heavy atom. The van der Waals surface area contributed by atoms with E-state index in [1.807, 2.05) is 93.3 Å². The lowest BCUT2D eigenvalue weighted by Crippen LogP contribution is -2.46. The number of benzene rings is 5. The normalized spacial score (nSPS) is 19.4. The van der Waals surface area contributed by atoms with E-state index < -0.39 is 15.6 Å². The van der Waals surface area contributed by atoms with Crippen molar-refractivity contribution < 1.29 is 23.4 Å². The topological polar surface area (TPSA) is 130 Å². The summed E-state index contributed by atoms with van der Waals surface area (Å²) in [6.45, 7) is 11.6. The number of halogens is 1. The Balaban J connectivity index is 0.840. The SMILES string of the molecule is Cc1cc(S(=O)(=O)Nc2ccc(N3CCN(c4cccc(-c5c(C(=O)C6CC(C)(O)C6)c(C)n(C)c5-c5ccc(Cl)cc5)c4)CC3)cc2)ccc1N[C@H](CCN1CCC(O)CC1)CSc1ccccc1. The molecule has 9 rings (SSSR count). The van der Waals surface area contributed by atoms with Gasteiger partial charge in [-0.25, -0.2) is 8.42 Å². The minimum absolute atomic E-state index is 0.0750. The van der Waals surface area contributed by atoms with Gasteiger partial charge in [-0.1, -0.05) is 54.1 Å². The smallest absolute Gasteiger partial charge is 0.261 e. The Morgan fingerprint density at radius 3 is 2.14 bits per heavy atom. The molecule has 3 heterocycles. The second kappa shape index (κ2) is 21.2. The second-order valence-corrected chi connectivity index (χ2v) is 22.9. The number of hydrogen-bond donors (Lipinski definition) is 4. The molecule has 3 aliphatic rings. The summed E-state index contributed by atoms with van der Waals surface area (Å²) in [6, 6.07) is 39.7. The van der Waals surface area contributed by atoms with E-state index in [9.17, 15) is 23.4 Å². The van der Waals surface area contributed by atoms with Crippen LogP contribution >= 0.6 is 23.4 Å². The number of hydrogen-bond acceptors (Lipinski definition) is 10. The van der Waals surface area contributed by atoms with Crippen LogP contribution in [0.1, 0.15) is 60.6 Å². The first-order valence-corrected chi connectivity index (χ1v) is 27.4. The summed E-state index contributed by atoms with van der Waals surface area (Å²) >= 11 is 8.13. The number of aliphatic hydroxyl groups excluding tert-OH is 1. The third-order valence-corrected chi connectivity index (χ3v) is 17.3. The van der Waals surface area contributed by atoms with Gasteiger partial charge in [-0.3, -0.25) is 9.52 Å². The lowest BCUT2D eigenvalue weighted by atomic mass is 9.68. The van der Waals surface area contributed by atoms with E-state index >= 15 is 0 Å². The van der Waals surface area contributed by atoms with Crippen LogP contribution in [0.4, 0.5) is 22.7 Å². The molecule has 1 aliphatic carbocycles. The van der Waals surface area contributed by atoms with Crippen LogP contribution in [-0.4, -0.2) is 103 Å². The Hall–Kier alpha value is -5.28. The van der Waals surface area contributed by atoms with E-state index in [2.05, 4.69) is 77.8 Å². The van der Waals surface area contributed by atoms with E-state index in [-0.39, 0.29) is 28.7 Å². The lowest BCUT2D eigenvalue weighted by molar-refractivity contribution is -0.0468. The number of likely N-dealkylation sites (tertiary alicyclic amines) is 1. The molecular formula is C56H65ClN6O5S2. The predicted molar refractivity (Wildman–Crippen MR) is 287 cm³/mol. The second-order valence-electron chi connectivity index (χ2n) is 19.7. The number of nitrogens with one attached hydrogen (secondary N) is 2. The summed E-state index contributed by atoms with van der Waals surface area (Å²) in [5.74, 6) is 0.711. The minimum Gasteiger partial charge on any atom is -0.393 e. The number of aliphatic hydroxyl groups is 2. The molecule has 1 saturated carbocycles. The minimum atomic E-state index is -3.86. The third kappa shape index (κ3) is 11.4. The average Bonchev–Trinajstić information content (AvgIpc) is 3.62. The van der Waals surface area contributed by atoms with Gasteiger partial charge in [-0.15, -0.1) is 11.8 Å². The molecule has 14 heteroatoms. The van der Waals surface area contributed by atoms with Gasteiger partial charge in [0.25, 0.3) is 10.0 Å². The molecule has 0 spiro atoms. The maximum atomic E-state index is 14.3. The molecule has 0 bridgehead atoms. The zero-order chi connectivity index (χ0) is 49.2. The number of thioether (sulfide) groups is 1. The van der Waals surface area contributed by atoms with Crippen molar-refractivity contribution in [3.63, 3.8) is 0 Å². The van der Waals surface area contributed by atoms with Gasteiger partial charge in [0.15, 0.2) is 5.78 Å². The Labute approximate surface area is 422 Å². The predicted octanol–water partition coefficient (Wildman–Crippen LogP) is 10.5. The molecule has 0 unspecified atom stereocenters. The Kier molecular flexibility index (Phi) is 15.1. The van der Waals surface area contributed by atoms with Gasteiger partial charge in [0.05, 0.1) is 22.3 Å². The Morgan fingerprint density at radius 2 is 1.49 bits per heavy atom. The fourth-order valence-electron chi connectivity index (χ4n) is 10.3. The summed E-state index contributed by atoms with van der Waals surface area (Å²) in [7, 11) is -1.85. The number of carbonyl (C=O) groups is 1. The lowest BCUT2D eigenvalue weighted by Gasteiger charge is -2.40. The van der Waals surface area contributed by atoms with Gasteiger partial charge in [-0.05, 0) is 148 Å². The molecule has 0 amide bonds. The molecule has 1 atom stereocenters. The highest BCUT2D eigenvalue weighted by Gasteiger charge is 2.44. The number of carbonyl (C=O) groups excluding carboxylic acids is 1. The molecular weight excluding hydrogens is 936 g/mol. The van der Waals surface area contributed by atoms with Crippen molar-refractivity contribution in [3.8, 4) is 22.4 Å². The number of aryl methyl sites for hydroxylation is 1. The van der Waals surface area contributed by atoms with Crippen LogP contribution in [0.15, 0.2) is 131 Å². The molecule has 5 aromatic carbocycles. The van der Waals surface area contributed by atoms with Crippen molar-refractivity contribution in [1.82, 2.24) is 9.47 Å². The first-order valence-electron chi connectivity index (χ1n) is 24.5. The van der Waals surface area contributed by atoms with Crippen molar-refractivity contribution in [2.45, 2.75) is 80.4 Å². The summed E-state index contributed by atoms with van der Waals surface area (Å²) in [6.07, 6.45) is 3.25. The van der Waals surface area contributed by atoms with Crippen LogP contribution in [0.2, 0.25) is 5.02 Å². The number of ketones is 1. The molecule has 1 aromatic heterocycles. The molecule has 2 saturated heterocycles. The van der Waals surface area contributed by atoms with Crippen molar-refractivity contribution in [1.29, 1.82) is 0 Å². The summed E-state index contributed by atoms with van der Waals surface area (Å²) < 4.78 is 32.4. The highest BCUT2D eigenvalue weighted by Crippen LogP contribution is 2.45. The molecule has 4 N–H and O–H groups in total. The molecule has 70 heavy (non-hydrogen) atoms. The van der Waals surface area contributed by atoms with Crippen molar-refractivity contribution in [2.75, 3.05) is 71.4 Å². The number of rotatable bonds is 17. The number of nitrogens with zero attached hydrogens (tertiary/aromatic N) is 4. The fraction of sp³-hybridized carbons (Fsp3) is 0.375. The van der Waals surface area contributed by atoms with Crippen LogP contribution in [0.3, 0.4) is 0 Å². The summed E-state index contributed by atoms with van der Waals surface area (Å²) in [5.41, 5.74) is 8.96. The van der Waals surface area contributed by atoms with Gasteiger partial charge < -0.3 is 34.8 Å². The van der Waals surface area contributed by atoms with Crippen molar-refractivity contribution in [3.05, 3.63) is 143 Å². The number of anilines is 4. The first kappa shape index (κ1) is 49.7. The molecule has 6 aromatic rings. The fourth-order valence-corrected chi connectivity index (χ4v) is 12.6. The number of piperazine rings is 1. The number of sulfonamides is 1. The number of Topliss-reactive ketones (excluding diaryl/α,β-unsaturated/α-hetero) is 1. The molecule has 368 valence electrons. The first-order chi connectivity index (χ1) is 33.6. The number of piperidine rings is 1. The zero-order valence-corrected chi connectivity index (χ0v) is 43.0. The highest BCUT2D eigenvalue weighted by atomic mass is 35.5. The quantitative estimate of drug-likeness (QED) is 0.0518. The standard InChI is InChI=1S/C56H65ClN6O5S2/c1-38-33-50(21-22-51(38)58-45(37-69-49-11-6-5-7-12-49)23-26-61-27-24-48(64)25-28-61)70(67,68)59-44-17-19-46(20-18-44)62-29-31-63(32-30-62)47-10-8-9-41(34-47)53-52(55(65)42-35-56(3,66)36-42)39(2)60(4)54(53)40-13-15-43(57)16-14-40/h5-22,33-34,42,45,48,58-59,64,66H,23-32,35-37H2,1-4H3/t42?,45-,56?/m1/s1. The monoisotopic (exact) mass is 1000 g/mol. The zero-order valence-electron chi connectivity index (χ0n) is 40.6. The molecule has 0 radical (unpaired) electrons. The van der Waals surface area contributed by atoms with E-state index in [1.165, 1.54) is 4.90 Å². The van der Waals surface area contributed by atoms with E-state index in [1.54, 1.807) is 19.1 Å². The maximum absolute atomic E-state index is 14.3. The van der Waals surface area contributed by atoms with Crippen LogP contribution in [0, 0.1) is 19.8 Å². The van der Waals surface area contributed by atoms with Crippen molar-refractivity contribution in [2.24, 2.45) is 13.0 Å². The van der Waals surface area contributed by atoms with Crippen LogP contribution in [-0.2, 0) is 17.1 Å². The van der Waals surface area contributed by atoms with Gasteiger partial charge in [-0.2, -0.15) is 0 Å². The third-order valence-electron chi connectivity index (χ3n) is 14.5. The molecule has 3 fully saturated rings. The van der Waals surface area contributed by atoms with Crippen molar-refractivity contribution >= 4 is 61.9 Å². The van der Waals surface area contributed by atoms with Crippen LogP contribution in [0.25, 0.3) is 22.4 Å². The maximum Gasteiger partial charge on any atom is 0.261 e. The molecule has 2 aliphatic heterocycles. The number of aromatic nitrogens is 1. The van der Waals surface area contributed by atoms with Gasteiger partial charge in [0, 0.05) is 120 Å². The van der Waals surface area contributed by atoms with E-state index in [0.29, 0.717) is 29.1 Å². The average molecular weight is 1000 g/mol. The van der Waals surface area contributed by atoms with E-state index in [4.69, 9.17) is 11.6 Å². The highest BCUT2D eigenvalue weighted by molar-refractivity contribution is 7.99. The van der Waals surface area contributed by atoms with Crippen LogP contribution in [0.5, 0.6) is 0 Å². The largest absolute Gasteiger partial charge is 0.393 e. The Bertz CT molecular complexity index is 2890. The molecule has 11 nitrogen and oxygen atoms in total. The summed E-state index contributed by atoms with van der Waals surface area (Å²) in [4.78, 5) is 22.8. The van der Waals surface area contributed by atoms with Gasteiger partial charge in [0.1, 0.15) is 0 Å². The van der Waals surface area contributed by atoms with Gasteiger partial charge in [0.2, 0.25) is 0 Å². The summed E-state index contributed by atoms with van der Waals surface area (Å²) in [5, 5.41) is 24.9. The van der Waals surface area contributed by atoms with Gasteiger partial charge >= 0.3 is 0 Å². The van der Waals surface area contributed by atoms with Crippen LogP contribution < -0.4 is 19.8 Å².